The number of fused-ring (bicyclic) bond motifs is 1. The van der Waals surface area contributed by atoms with Crippen molar-refractivity contribution in [2.45, 2.75) is 0 Å². The Bertz CT molecular complexity index is 967. The van der Waals surface area contributed by atoms with Gasteiger partial charge >= 0.3 is 0 Å². The fraction of sp³-hybridized carbons (Fsp3) is 0.158. The Kier molecular flexibility index (Phi) is 5.75. The molecule has 1 aliphatic heterocycles. The molecule has 1 N–H and O–H groups in total. The summed E-state index contributed by atoms with van der Waals surface area (Å²) in [6.07, 6.45) is 1.42. The molecular weight excluding hydrogens is 391 g/mol. The van der Waals surface area contributed by atoms with Crippen molar-refractivity contribution in [2.24, 2.45) is 0 Å². The van der Waals surface area contributed by atoms with E-state index in [0.717, 1.165) is 0 Å². The summed E-state index contributed by atoms with van der Waals surface area (Å²) in [5.41, 5.74) is 0.880. The smallest absolute Gasteiger partial charge is 0.266 e. The lowest BCUT2D eigenvalue weighted by molar-refractivity contribution is -0.112. The van der Waals surface area contributed by atoms with E-state index in [2.05, 4.69) is 5.32 Å². The molecule has 1 aliphatic rings. The van der Waals surface area contributed by atoms with Crippen LogP contribution in [0.25, 0.3) is 6.08 Å². The largest absolute Gasteiger partial charge is 0.495 e. The number of carbonyl (C=O) groups is 1. The molecule has 0 aliphatic carbocycles. The van der Waals surface area contributed by atoms with E-state index in [9.17, 15) is 10.1 Å². The van der Waals surface area contributed by atoms with E-state index < -0.39 is 5.91 Å². The van der Waals surface area contributed by atoms with Crippen LogP contribution in [0.1, 0.15) is 5.56 Å². The molecule has 0 atom stereocenters. The zero-order valence-corrected chi connectivity index (χ0v) is 15.7. The van der Waals surface area contributed by atoms with Gasteiger partial charge < -0.3 is 19.5 Å². The van der Waals surface area contributed by atoms with Crippen LogP contribution in [0.2, 0.25) is 10.0 Å². The maximum atomic E-state index is 12.4. The first-order valence-corrected chi connectivity index (χ1v) is 8.63. The summed E-state index contributed by atoms with van der Waals surface area (Å²) >= 11 is 12.2. The Balaban J connectivity index is 1.84. The maximum absolute atomic E-state index is 12.4. The summed E-state index contributed by atoms with van der Waals surface area (Å²) in [6, 6.07) is 9.93. The van der Waals surface area contributed by atoms with Crippen LogP contribution in [-0.4, -0.2) is 26.2 Å². The van der Waals surface area contributed by atoms with E-state index in [1.165, 1.54) is 19.3 Å². The second-order valence-corrected chi connectivity index (χ2v) is 6.31. The third kappa shape index (κ3) is 4.27. The SMILES string of the molecule is COc1ccc(NC(=O)/C(C#N)=C/c2cc(Cl)c3c(c2)OCCO3)cc1Cl. The molecule has 0 saturated heterocycles. The lowest BCUT2D eigenvalue weighted by Gasteiger charge is -2.19. The van der Waals surface area contributed by atoms with Crippen LogP contribution in [-0.2, 0) is 4.79 Å². The van der Waals surface area contributed by atoms with Gasteiger partial charge in [-0.25, -0.2) is 0 Å². The summed E-state index contributed by atoms with van der Waals surface area (Å²) in [5, 5.41) is 12.7. The van der Waals surface area contributed by atoms with Crippen LogP contribution in [0.4, 0.5) is 5.69 Å². The molecule has 0 radical (unpaired) electrons. The van der Waals surface area contributed by atoms with Gasteiger partial charge in [-0.3, -0.25) is 4.79 Å². The summed E-state index contributed by atoms with van der Waals surface area (Å²) < 4.78 is 16.0. The van der Waals surface area contributed by atoms with E-state index >= 15 is 0 Å². The van der Waals surface area contributed by atoms with E-state index in [1.54, 1.807) is 24.3 Å². The highest BCUT2D eigenvalue weighted by Gasteiger charge is 2.17. The molecule has 1 amide bonds. The third-order valence-electron chi connectivity index (χ3n) is 3.70. The summed E-state index contributed by atoms with van der Waals surface area (Å²) in [5.74, 6) is 0.830. The molecule has 27 heavy (non-hydrogen) atoms. The summed E-state index contributed by atoms with van der Waals surface area (Å²) in [7, 11) is 1.49. The molecular formula is C19H14Cl2N2O4. The van der Waals surface area contributed by atoms with Gasteiger partial charge in [0.1, 0.15) is 30.6 Å². The van der Waals surface area contributed by atoms with Crippen molar-refractivity contribution in [1.82, 2.24) is 0 Å². The minimum atomic E-state index is -0.579. The topological polar surface area (TPSA) is 80.6 Å². The van der Waals surface area contributed by atoms with Crippen molar-refractivity contribution in [2.75, 3.05) is 25.6 Å². The van der Waals surface area contributed by atoms with Crippen molar-refractivity contribution >= 4 is 40.9 Å². The van der Waals surface area contributed by atoms with Crippen molar-refractivity contribution in [3.63, 3.8) is 0 Å². The van der Waals surface area contributed by atoms with Crippen LogP contribution in [0.15, 0.2) is 35.9 Å². The lowest BCUT2D eigenvalue weighted by atomic mass is 10.1. The van der Waals surface area contributed by atoms with Gasteiger partial charge in [0, 0.05) is 5.69 Å². The highest BCUT2D eigenvalue weighted by Crippen LogP contribution is 2.38. The number of benzene rings is 2. The number of amides is 1. The molecule has 8 heteroatoms. The van der Waals surface area contributed by atoms with Gasteiger partial charge in [0.15, 0.2) is 11.5 Å². The monoisotopic (exact) mass is 404 g/mol. The van der Waals surface area contributed by atoms with Gasteiger partial charge in [0.05, 0.1) is 17.2 Å². The zero-order chi connectivity index (χ0) is 19.4. The molecule has 2 aromatic carbocycles. The second kappa shape index (κ2) is 8.21. The van der Waals surface area contributed by atoms with Gasteiger partial charge in [-0.1, -0.05) is 23.2 Å². The Morgan fingerprint density at radius 2 is 2.00 bits per heavy atom. The normalized spacial score (nSPS) is 12.9. The number of anilines is 1. The van der Waals surface area contributed by atoms with Crippen LogP contribution in [0, 0.1) is 11.3 Å². The molecule has 0 fully saturated rings. The number of nitrogens with one attached hydrogen (secondary N) is 1. The average molecular weight is 405 g/mol. The van der Waals surface area contributed by atoms with Crippen LogP contribution in [0.3, 0.4) is 0 Å². The first-order valence-electron chi connectivity index (χ1n) is 7.87. The first-order chi connectivity index (χ1) is 13.0. The average Bonchev–Trinajstić information content (AvgIpc) is 2.66. The number of carbonyl (C=O) groups excluding carboxylic acids is 1. The fourth-order valence-electron chi connectivity index (χ4n) is 2.47. The molecule has 6 nitrogen and oxygen atoms in total. The molecule has 0 bridgehead atoms. The molecule has 2 aromatic rings. The van der Waals surface area contributed by atoms with E-state index in [4.69, 9.17) is 37.4 Å². The highest BCUT2D eigenvalue weighted by molar-refractivity contribution is 6.33. The Morgan fingerprint density at radius 3 is 2.70 bits per heavy atom. The first kappa shape index (κ1) is 18.9. The molecule has 138 valence electrons. The lowest BCUT2D eigenvalue weighted by Crippen LogP contribution is -2.16. The molecule has 0 spiro atoms. The van der Waals surface area contributed by atoms with Gasteiger partial charge in [-0.05, 0) is 42.0 Å². The molecule has 0 saturated carbocycles. The van der Waals surface area contributed by atoms with E-state index in [1.807, 2.05) is 6.07 Å². The highest BCUT2D eigenvalue weighted by atomic mass is 35.5. The maximum Gasteiger partial charge on any atom is 0.266 e. The molecule has 0 aromatic heterocycles. The number of halogens is 2. The molecule has 0 unspecified atom stereocenters. The van der Waals surface area contributed by atoms with Crippen molar-refractivity contribution in [1.29, 1.82) is 5.26 Å². The van der Waals surface area contributed by atoms with Gasteiger partial charge in [-0.2, -0.15) is 5.26 Å². The number of nitrogens with zero attached hydrogens (tertiary/aromatic N) is 1. The van der Waals surface area contributed by atoms with Gasteiger partial charge in [-0.15, -0.1) is 0 Å². The molecule has 3 rings (SSSR count). The second-order valence-electron chi connectivity index (χ2n) is 5.50. The number of hydrogen-bond donors (Lipinski definition) is 1. The van der Waals surface area contributed by atoms with Crippen molar-refractivity contribution in [3.05, 3.63) is 51.5 Å². The van der Waals surface area contributed by atoms with E-state index in [0.29, 0.717) is 51.8 Å². The number of rotatable bonds is 4. The number of hydrogen-bond acceptors (Lipinski definition) is 5. The fourth-order valence-corrected chi connectivity index (χ4v) is 3.00. The number of ether oxygens (including phenoxy) is 3. The van der Waals surface area contributed by atoms with Crippen LogP contribution in [0.5, 0.6) is 17.2 Å². The Labute approximate surface area is 165 Å². The number of nitriles is 1. The quantitative estimate of drug-likeness (QED) is 0.606. The van der Waals surface area contributed by atoms with Crippen LogP contribution >= 0.6 is 23.2 Å². The minimum Gasteiger partial charge on any atom is -0.495 e. The van der Waals surface area contributed by atoms with Crippen molar-refractivity contribution < 1.29 is 19.0 Å². The Morgan fingerprint density at radius 1 is 1.22 bits per heavy atom. The molecule has 1 heterocycles. The summed E-state index contributed by atoms with van der Waals surface area (Å²) in [4.78, 5) is 12.4. The number of methoxy groups -OCH3 is 1. The Hall–Kier alpha value is -2.88. The van der Waals surface area contributed by atoms with Gasteiger partial charge in [0.25, 0.3) is 5.91 Å². The van der Waals surface area contributed by atoms with Crippen molar-refractivity contribution in [3.8, 4) is 23.3 Å². The predicted octanol–water partition coefficient (Wildman–Crippen LogP) is 4.32. The minimum absolute atomic E-state index is 0.102. The zero-order valence-electron chi connectivity index (χ0n) is 14.2. The van der Waals surface area contributed by atoms with E-state index in [-0.39, 0.29) is 5.57 Å². The third-order valence-corrected chi connectivity index (χ3v) is 4.28. The predicted molar refractivity (Wildman–Crippen MR) is 103 cm³/mol. The standard InChI is InChI=1S/C19H14Cl2N2O4/c1-25-16-3-2-13(9-14(16)20)23-19(24)12(10-22)6-11-7-15(21)18-17(8-11)26-4-5-27-18/h2-3,6-9H,4-5H2,1H3,(H,23,24)/b12-6+. The van der Waals surface area contributed by atoms with Gasteiger partial charge in [0.2, 0.25) is 0 Å². The summed E-state index contributed by atoms with van der Waals surface area (Å²) in [6.45, 7) is 0.818. The van der Waals surface area contributed by atoms with Crippen LogP contribution < -0.4 is 19.5 Å².